The van der Waals surface area contributed by atoms with E-state index in [1.165, 1.54) is 25.1 Å². The Kier molecular flexibility index (Phi) is 6.30. The van der Waals surface area contributed by atoms with Gasteiger partial charge in [0.25, 0.3) is 0 Å². The molecule has 21 heavy (non-hydrogen) atoms. The average Bonchev–Trinajstić information content (AvgIpc) is 2.42. The van der Waals surface area contributed by atoms with Gasteiger partial charge in [-0.15, -0.1) is 0 Å². The van der Waals surface area contributed by atoms with Crippen LogP contribution in [0.25, 0.3) is 0 Å². The molecule has 0 aromatic heterocycles. The molecule has 0 bridgehead atoms. The van der Waals surface area contributed by atoms with Crippen LogP contribution in [0.1, 0.15) is 25.8 Å². The van der Waals surface area contributed by atoms with E-state index < -0.39 is 23.7 Å². The van der Waals surface area contributed by atoms with E-state index >= 15 is 0 Å². The molecule has 1 aromatic carbocycles. The zero-order valence-corrected chi connectivity index (χ0v) is 12.4. The van der Waals surface area contributed by atoms with Gasteiger partial charge in [-0.25, -0.2) is 4.39 Å². The lowest BCUT2D eigenvalue weighted by Gasteiger charge is -2.18. The molecule has 0 fully saturated rings. The Morgan fingerprint density at radius 3 is 2.52 bits per heavy atom. The predicted molar refractivity (Wildman–Crippen MR) is 78.2 cm³/mol. The van der Waals surface area contributed by atoms with Gasteiger partial charge in [-0.1, -0.05) is 19.9 Å². The normalized spacial score (nSPS) is 12.1. The molecule has 0 aliphatic rings. The molecule has 2 amide bonds. The summed E-state index contributed by atoms with van der Waals surface area (Å²) >= 11 is 0. The molecular formula is C15H21FN2O3. The lowest BCUT2D eigenvalue weighted by Crippen LogP contribution is -2.44. The van der Waals surface area contributed by atoms with E-state index in [1.54, 1.807) is 0 Å². The molecule has 1 aromatic rings. The SMILES string of the molecule is Cc1c(F)cccc1NC(=O)C(=O)NC(CO)CC(C)C. The van der Waals surface area contributed by atoms with Crippen molar-refractivity contribution in [2.24, 2.45) is 5.92 Å². The summed E-state index contributed by atoms with van der Waals surface area (Å²) in [5, 5.41) is 14.0. The van der Waals surface area contributed by atoms with Gasteiger partial charge >= 0.3 is 11.8 Å². The van der Waals surface area contributed by atoms with Gasteiger partial charge in [-0.05, 0) is 31.4 Å². The Bertz CT molecular complexity index is 518. The number of amides is 2. The van der Waals surface area contributed by atoms with E-state index in [-0.39, 0.29) is 23.8 Å². The quantitative estimate of drug-likeness (QED) is 0.722. The standard InChI is InChI=1S/C15H21FN2O3/c1-9(2)7-11(8-19)17-14(20)15(21)18-13-6-4-5-12(16)10(13)3/h4-6,9,11,19H,7-8H2,1-3H3,(H,17,20)(H,18,21). The number of carbonyl (C=O) groups excluding carboxylic acids is 2. The second-order valence-electron chi connectivity index (χ2n) is 5.35. The van der Waals surface area contributed by atoms with Crippen molar-refractivity contribution in [1.82, 2.24) is 5.32 Å². The maximum Gasteiger partial charge on any atom is 0.313 e. The van der Waals surface area contributed by atoms with Crippen molar-refractivity contribution in [3.63, 3.8) is 0 Å². The van der Waals surface area contributed by atoms with Crippen molar-refractivity contribution < 1.29 is 19.1 Å². The Hall–Kier alpha value is -1.95. The van der Waals surface area contributed by atoms with Crippen LogP contribution < -0.4 is 10.6 Å². The van der Waals surface area contributed by atoms with Crippen LogP contribution in [0.15, 0.2) is 18.2 Å². The molecule has 6 heteroatoms. The Morgan fingerprint density at radius 2 is 1.95 bits per heavy atom. The second-order valence-corrected chi connectivity index (χ2v) is 5.35. The van der Waals surface area contributed by atoms with Crippen LogP contribution in [0.2, 0.25) is 0 Å². The minimum atomic E-state index is -0.883. The van der Waals surface area contributed by atoms with Crippen molar-refractivity contribution in [2.45, 2.75) is 33.2 Å². The first-order valence-corrected chi connectivity index (χ1v) is 6.83. The van der Waals surface area contributed by atoms with Gasteiger partial charge in [0.15, 0.2) is 0 Å². The molecule has 0 aliphatic carbocycles. The third kappa shape index (κ3) is 5.15. The van der Waals surface area contributed by atoms with E-state index in [9.17, 15) is 19.1 Å². The number of aliphatic hydroxyl groups excluding tert-OH is 1. The molecule has 0 spiro atoms. The van der Waals surface area contributed by atoms with Crippen LogP contribution in [0.5, 0.6) is 0 Å². The van der Waals surface area contributed by atoms with E-state index in [1.807, 2.05) is 13.8 Å². The zero-order chi connectivity index (χ0) is 16.0. The van der Waals surface area contributed by atoms with Crippen molar-refractivity contribution in [1.29, 1.82) is 0 Å². The van der Waals surface area contributed by atoms with Gasteiger partial charge in [0.05, 0.1) is 12.6 Å². The van der Waals surface area contributed by atoms with E-state index in [0.717, 1.165) is 0 Å². The molecule has 0 saturated carbocycles. The summed E-state index contributed by atoms with van der Waals surface area (Å²) in [6.07, 6.45) is 0.564. The summed E-state index contributed by atoms with van der Waals surface area (Å²) in [5.41, 5.74) is 0.513. The Morgan fingerprint density at radius 1 is 1.29 bits per heavy atom. The van der Waals surface area contributed by atoms with Gasteiger partial charge in [0, 0.05) is 11.3 Å². The topological polar surface area (TPSA) is 78.4 Å². The summed E-state index contributed by atoms with van der Waals surface area (Å²) in [5.74, 6) is -1.92. The molecule has 1 unspecified atom stereocenters. The minimum Gasteiger partial charge on any atom is -0.394 e. The van der Waals surface area contributed by atoms with Crippen LogP contribution in [0.3, 0.4) is 0 Å². The van der Waals surface area contributed by atoms with Gasteiger partial charge in [-0.3, -0.25) is 9.59 Å². The highest BCUT2D eigenvalue weighted by Crippen LogP contribution is 2.17. The summed E-state index contributed by atoms with van der Waals surface area (Å²) < 4.78 is 13.4. The number of halogens is 1. The van der Waals surface area contributed by atoms with Gasteiger partial charge in [-0.2, -0.15) is 0 Å². The molecular weight excluding hydrogens is 275 g/mol. The van der Waals surface area contributed by atoms with Gasteiger partial charge in [0.2, 0.25) is 0 Å². The van der Waals surface area contributed by atoms with E-state index in [4.69, 9.17) is 0 Å². The maximum absolute atomic E-state index is 13.4. The maximum atomic E-state index is 13.4. The molecule has 5 nitrogen and oxygen atoms in total. The predicted octanol–water partition coefficient (Wildman–Crippen LogP) is 1.60. The Labute approximate surface area is 123 Å². The van der Waals surface area contributed by atoms with Crippen LogP contribution in [0, 0.1) is 18.7 Å². The fourth-order valence-corrected chi connectivity index (χ4v) is 1.92. The van der Waals surface area contributed by atoms with Crippen LogP contribution in [-0.4, -0.2) is 29.6 Å². The fraction of sp³-hybridized carbons (Fsp3) is 0.467. The number of benzene rings is 1. The largest absolute Gasteiger partial charge is 0.394 e. The molecule has 0 aliphatic heterocycles. The summed E-state index contributed by atoms with van der Waals surface area (Å²) in [7, 11) is 0. The summed E-state index contributed by atoms with van der Waals surface area (Å²) in [6, 6.07) is 3.76. The molecule has 3 N–H and O–H groups in total. The highest BCUT2D eigenvalue weighted by molar-refractivity contribution is 6.39. The third-order valence-corrected chi connectivity index (χ3v) is 3.03. The van der Waals surface area contributed by atoms with Crippen LogP contribution in [0.4, 0.5) is 10.1 Å². The molecule has 0 radical (unpaired) electrons. The zero-order valence-electron chi connectivity index (χ0n) is 12.4. The number of carbonyl (C=O) groups is 2. The molecule has 1 rings (SSSR count). The molecule has 0 saturated heterocycles. The lowest BCUT2D eigenvalue weighted by atomic mass is 10.0. The van der Waals surface area contributed by atoms with Crippen molar-refractivity contribution in [2.75, 3.05) is 11.9 Å². The summed E-state index contributed by atoms with van der Waals surface area (Å²) in [4.78, 5) is 23.6. The van der Waals surface area contributed by atoms with Crippen LogP contribution >= 0.6 is 0 Å². The number of nitrogens with one attached hydrogen (secondary N) is 2. The average molecular weight is 296 g/mol. The number of rotatable bonds is 5. The minimum absolute atomic E-state index is 0.240. The fourth-order valence-electron chi connectivity index (χ4n) is 1.92. The highest BCUT2D eigenvalue weighted by atomic mass is 19.1. The first-order chi connectivity index (χ1) is 9.85. The number of hydrogen-bond acceptors (Lipinski definition) is 3. The third-order valence-electron chi connectivity index (χ3n) is 3.03. The number of anilines is 1. The van der Waals surface area contributed by atoms with Crippen molar-refractivity contribution >= 4 is 17.5 Å². The van der Waals surface area contributed by atoms with Crippen LogP contribution in [-0.2, 0) is 9.59 Å². The van der Waals surface area contributed by atoms with Crippen molar-refractivity contribution in [3.05, 3.63) is 29.6 Å². The molecule has 1 atom stereocenters. The van der Waals surface area contributed by atoms with Gasteiger partial charge in [0.1, 0.15) is 5.82 Å². The van der Waals surface area contributed by atoms with Gasteiger partial charge < -0.3 is 15.7 Å². The smallest absolute Gasteiger partial charge is 0.313 e. The Balaban J connectivity index is 2.66. The van der Waals surface area contributed by atoms with E-state index in [2.05, 4.69) is 10.6 Å². The van der Waals surface area contributed by atoms with Crippen molar-refractivity contribution in [3.8, 4) is 0 Å². The highest BCUT2D eigenvalue weighted by Gasteiger charge is 2.19. The van der Waals surface area contributed by atoms with E-state index in [0.29, 0.717) is 6.42 Å². The number of aliphatic hydroxyl groups is 1. The first kappa shape index (κ1) is 17.1. The lowest BCUT2D eigenvalue weighted by molar-refractivity contribution is -0.136. The number of hydrogen-bond donors (Lipinski definition) is 3. The molecule has 116 valence electrons. The summed E-state index contributed by atoms with van der Waals surface area (Å²) in [6.45, 7) is 5.17. The molecule has 0 heterocycles. The second kappa shape index (κ2) is 7.73. The monoisotopic (exact) mass is 296 g/mol. The first-order valence-electron chi connectivity index (χ1n) is 6.83.